The molecule has 2 fully saturated rings. The number of likely N-dealkylation sites (N-methyl/N-ethyl adjacent to an activating group) is 1. The van der Waals surface area contributed by atoms with Crippen molar-refractivity contribution in [3.05, 3.63) is 0 Å². The largest absolute Gasteiger partial charge is 0.340 e. The Morgan fingerprint density at radius 3 is 2.76 bits per heavy atom. The zero-order valence-electron chi connectivity index (χ0n) is 10.1. The molecule has 1 unspecified atom stereocenters. The molecule has 98 valence electrons. The van der Waals surface area contributed by atoms with Crippen LogP contribution in [0.5, 0.6) is 0 Å². The van der Waals surface area contributed by atoms with E-state index in [9.17, 15) is 9.59 Å². The quantitative estimate of drug-likeness (QED) is 0.769. The van der Waals surface area contributed by atoms with Gasteiger partial charge in [-0.25, -0.2) is 0 Å². The molecule has 0 saturated carbocycles. The van der Waals surface area contributed by atoms with Crippen LogP contribution in [0.25, 0.3) is 0 Å². The number of carbonyl (C=O) groups is 2. The molecule has 0 aromatic rings. The van der Waals surface area contributed by atoms with Crippen molar-refractivity contribution in [2.45, 2.75) is 25.3 Å². The summed E-state index contributed by atoms with van der Waals surface area (Å²) in [6.07, 6.45) is 2.51. The Hall–Kier alpha value is -0.810. The van der Waals surface area contributed by atoms with Crippen LogP contribution in [-0.4, -0.2) is 60.9 Å². The number of hydrogen-bond donors (Lipinski definition) is 1. The van der Waals surface area contributed by atoms with Gasteiger partial charge in [0.25, 0.3) is 0 Å². The lowest BCUT2D eigenvalue weighted by Gasteiger charge is -2.21. The average molecular weight is 262 g/mol. The van der Waals surface area contributed by atoms with Crippen molar-refractivity contribution < 1.29 is 9.59 Å². The fourth-order valence-corrected chi connectivity index (χ4v) is 2.36. The number of nitrogens with one attached hydrogen (secondary N) is 1. The van der Waals surface area contributed by atoms with Gasteiger partial charge in [0, 0.05) is 32.1 Å². The van der Waals surface area contributed by atoms with Gasteiger partial charge in [-0.1, -0.05) is 0 Å². The summed E-state index contributed by atoms with van der Waals surface area (Å²) >= 11 is 0. The predicted octanol–water partition coefficient (Wildman–Crippen LogP) is -0.149. The lowest BCUT2D eigenvalue weighted by molar-refractivity contribution is -0.137. The minimum absolute atomic E-state index is 0. The van der Waals surface area contributed by atoms with Gasteiger partial charge in [0.2, 0.25) is 11.8 Å². The van der Waals surface area contributed by atoms with E-state index in [-0.39, 0.29) is 30.8 Å². The van der Waals surface area contributed by atoms with E-state index < -0.39 is 0 Å². The molecule has 2 rings (SSSR count). The topological polar surface area (TPSA) is 52.7 Å². The zero-order chi connectivity index (χ0) is 11.5. The highest BCUT2D eigenvalue weighted by Crippen LogP contribution is 2.12. The summed E-state index contributed by atoms with van der Waals surface area (Å²) in [5.41, 5.74) is 0. The summed E-state index contributed by atoms with van der Waals surface area (Å²) < 4.78 is 0. The molecule has 2 heterocycles. The van der Waals surface area contributed by atoms with Crippen LogP contribution in [0.3, 0.4) is 0 Å². The molecule has 0 aromatic heterocycles. The Morgan fingerprint density at radius 1 is 1.47 bits per heavy atom. The lowest BCUT2D eigenvalue weighted by Crippen LogP contribution is -2.41. The molecule has 5 nitrogen and oxygen atoms in total. The number of amides is 2. The first-order valence-electron chi connectivity index (χ1n) is 5.93. The van der Waals surface area contributed by atoms with Crippen molar-refractivity contribution in [1.29, 1.82) is 0 Å². The lowest BCUT2D eigenvalue weighted by atomic mass is 10.3. The van der Waals surface area contributed by atoms with E-state index in [4.69, 9.17) is 0 Å². The number of likely N-dealkylation sites (tertiary alicyclic amines) is 2. The van der Waals surface area contributed by atoms with Crippen molar-refractivity contribution >= 4 is 24.2 Å². The smallest absolute Gasteiger partial charge is 0.242 e. The summed E-state index contributed by atoms with van der Waals surface area (Å²) in [4.78, 5) is 26.8. The highest BCUT2D eigenvalue weighted by molar-refractivity contribution is 5.86. The van der Waals surface area contributed by atoms with Crippen LogP contribution >= 0.6 is 12.4 Å². The molecule has 1 N–H and O–H groups in total. The first-order valence-corrected chi connectivity index (χ1v) is 5.93. The standard InChI is InChI=1S/C11H19N3O2.ClH/c1-12-9-4-6-14(7-9)11(16)8-13-5-2-3-10(13)15;/h9,12H,2-8H2,1H3;1H. The molecule has 0 radical (unpaired) electrons. The molecule has 17 heavy (non-hydrogen) atoms. The summed E-state index contributed by atoms with van der Waals surface area (Å²) in [6, 6.07) is 0.415. The minimum Gasteiger partial charge on any atom is -0.340 e. The SMILES string of the molecule is CNC1CCN(C(=O)CN2CCCC2=O)C1.Cl. The van der Waals surface area contributed by atoms with Gasteiger partial charge in [-0.2, -0.15) is 0 Å². The van der Waals surface area contributed by atoms with Gasteiger partial charge in [-0.05, 0) is 19.9 Å². The normalized spacial score (nSPS) is 24.1. The van der Waals surface area contributed by atoms with Gasteiger partial charge < -0.3 is 15.1 Å². The predicted molar refractivity (Wildman–Crippen MR) is 67.1 cm³/mol. The zero-order valence-corrected chi connectivity index (χ0v) is 11.0. The second-order valence-corrected chi connectivity index (χ2v) is 4.53. The van der Waals surface area contributed by atoms with Gasteiger partial charge in [0.15, 0.2) is 0 Å². The van der Waals surface area contributed by atoms with Crippen LogP contribution < -0.4 is 5.32 Å². The van der Waals surface area contributed by atoms with Crippen molar-refractivity contribution in [2.24, 2.45) is 0 Å². The molecule has 0 aromatic carbocycles. The third-order valence-electron chi connectivity index (χ3n) is 3.45. The van der Waals surface area contributed by atoms with Gasteiger partial charge in [-0.15, -0.1) is 12.4 Å². The number of rotatable bonds is 3. The molecule has 6 heteroatoms. The Labute approximate surface area is 108 Å². The van der Waals surface area contributed by atoms with Crippen LogP contribution in [0.15, 0.2) is 0 Å². The van der Waals surface area contributed by atoms with Gasteiger partial charge >= 0.3 is 0 Å². The molecular formula is C11H20ClN3O2. The van der Waals surface area contributed by atoms with E-state index in [1.807, 2.05) is 11.9 Å². The Kier molecular flexibility index (Phi) is 5.21. The Morgan fingerprint density at radius 2 is 2.24 bits per heavy atom. The number of hydrogen-bond acceptors (Lipinski definition) is 3. The van der Waals surface area contributed by atoms with Crippen LogP contribution in [0, 0.1) is 0 Å². The highest BCUT2D eigenvalue weighted by Gasteiger charge is 2.28. The molecule has 0 aliphatic carbocycles. The fraction of sp³-hybridized carbons (Fsp3) is 0.818. The van der Waals surface area contributed by atoms with Crippen LogP contribution in [0.4, 0.5) is 0 Å². The number of halogens is 1. The van der Waals surface area contributed by atoms with E-state index in [2.05, 4.69) is 5.32 Å². The van der Waals surface area contributed by atoms with Crippen LogP contribution in [0.1, 0.15) is 19.3 Å². The van der Waals surface area contributed by atoms with Crippen molar-refractivity contribution in [2.75, 3.05) is 33.2 Å². The van der Waals surface area contributed by atoms with Crippen LogP contribution in [0.2, 0.25) is 0 Å². The molecule has 0 spiro atoms. The number of carbonyl (C=O) groups excluding carboxylic acids is 2. The maximum absolute atomic E-state index is 11.9. The van der Waals surface area contributed by atoms with Crippen molar-refractivity contribution in [3.63, 3.8) is 0 Å². The summed E-state index contributed by atoms with van der Waals surface area (Å²) in [7, 11) is 1.92. The van der Waals surface area contributed by atoms with E-state index >= 15 is 0 Å². The molecule has 2 saturated heterocycles. The summed E-state index contributed by atoms with van der Waals surface area (Å²) in [6.45, 7) is 2.60. The van der Waals surface area contributed by atoms with E-state index in [0.29, 0.717) is 12.5 Å². The maximum atomic E-state index is 11.9. The minimum atomic E-state index is 0. The highest BCUT2D eigenvalue weighted by atomic mass is 35.5. The number of nitrogens with zero attached hydrogens (tertiary/aromatic N) is 2. The molecule has 0 bridgehead atoms. The molecule has 1 atom stereocenters. The summed E-state index contributed by atoms with van der Waals surface area (Å²) in [5, 5.41) is 3.18. The van der Waals surface area contributed by atoms with E-state index in [1.54, 1.807) is 4.90 Å². The third-order valence-corrected chi connectivity index (χ3v) is 3.45. The molecular weight excluding hydrogens is 242 g/mol. The van der Waals surface area contributed by atoms with Crippen molar-refractivity contribution in [3.8, 4) is 0 Å². The summed E-state index contributed by atoms with van der Waals surface area (Å²) in [5.74, 6) is 0.214. The Balaban J connectivity index is 0.00000144. The molecule has 2 aliphatic rings. The van der Waals surface area contributed by atoms with Crippen LogP contribution in [-0.2, 0) is 9.59 Å². The van der Waals surface area contributed by atoms with E-state index in [1.165, 1.54) is 0 Å². The molecule has 2 amide bonds. The first kappa shape index (κ1) is 14.3. The maximum Gasteiger partial charge on any atom is 0.242 e. The van der Waals surface area contributed by atoms with E-state index in [0.717, 1.165) is 32.5 Å². The third kappa shape index (κ3) is 3.33. The first-order chi connectivity index (χ1) is 7.70. The monoisotopic (exact) mass is 261 g/mol. The fourth-order valence-electron chi connectivity index (χ4n) is 2.36. The molecule has 2 aliphatic heterocycles. The van der Waals surface area contributed by atoms with Gasteiger partial charge in [0.1, 0.15) is 0 Å². The second kappa shape index (κ2) is 6.21. The average Bonchev–Trinajstić information content (AvgIpc) is 2.88. The Bertz CT molecular complexity index is 298. The second-order valence-electron chi connectivity index (χ2n) is 4.53. The van der Waals surface area contributed by atoms with Gasteiger partial charge in [-0.3, -0.25) is 9.59 Å². The van der Waals surface area contributed by atoms with Gasteiger partial charge in [0.05, 0.1) is 6.54 Å². The van der Waals surface area contributed by atoms with Crippen molar-refractivity contribution in [1.82, 2.24) is 15.1 Å².